The summed E-state index contributed by atoms with van der Waals surface area (Å²) in [4.78, 5) is 13.8. The first-order chi connectivity index (χ1) is 12.1. The Morgan fingerprint density at radius 2 is 1.48 bits per heavy atom. The molecule has 0 bridgehead atoms. The molecule has 0 saturated carbocycles. The van der Waals surface area contributed by atoms with Crippen LogP contribution in [0.3, 0.4) is 0 Å². The van der Waals surface area contributed by atoms with Crippen LogP contribution in [0.5, 0.6) is 0 Å². The maximum absolute atomic E-state index is 12.7. The molecule has 1 unspecified atom stereocenters. The van der Waals surface area contributed by atoms with E-state index in [4.69, 9.17) is 23.2 Å². The van der Waals surface area contributed by atoms with Crippen LogP contribution in [0.25, 0.3) is 0 Å². The Morgan fingerprint density at radius 3 is 2.16 bits per heavy atom. The molecule has 3 rings (SSSR count). The third-order valence-corrected chi connectivity index (χ3v) is 5.66. The van der Waals surface area contributed by atoms with Gasteiger partial charge >= 0.3 is 0 Å². The van der Waals surface area contributed by atoms with Crippen molar-refractivity contribution in [2.75, 3.05) is 0 Å². The average Bonchev–Trinajstić information content (AvgIpc) is 2.64. The van der Waals surface area contributed by atoms with E-state index in [1.807, 2.05) is 78.9 Å². The monoisotopic (exact) mass is 386 g/mol. The summed E-state index contributed by atoms with van der Waals surface area (Å²) in [6.45, 7) is 0. The molecule has 3 aromatic carbocycles. The maximum atomic E-state index is 12.7. The van der Waals surface area contributed by atoms with Gasteiger partial charge < -0.3 is 0 Å². The zero-order valence-corrected chi connectivity index (χ0v) is 15.7. The molecule has 0 heterocycles. The first kappa shape index (κ1) is 18.1. The highest BCUT2D eigenvalue weighted by Crippen LogP contribution is 2.41. The van der Waals surface area contributed by atoms with Crippen molar-refractivity contribution in [2.24, 2.45) is 0 Å². The van der Waals surface area contributed by atoms with Gasteiger partial charge in [0.25, 0.3) is 0 Å². The Hall–Kier alpha value is -1.74. The number of carbonyl (C=O) groups is 1. The summed E-state index contributed by atoms with van der Waals surface area (Å²) in [6.07, 6.45) is 0.376. The number of hydrogen-bond donors (Lipinski definition) is 0. The molecule has 4 heteroatoms. The van der Waals surface area contributed by atoms with E-state index < -0.39 is 0 Å². The summed E-state index contributed by atoms with van der Waals surface area (Å²) >= 11 is 14.0. The highest BCUT2D eigenvalue weighted by molar-refractivity contribution is 7.99. The molecule has 1 nitrogen and oxygen atoms in total. The molecule has 0 aromatic heterocycles. The van der Waals surface area contributed by atoms with Gasteiger partial charge in [-0.05, 0) is 35.9 Å². The van der Waals surface area contributed by atoms with E-state index in [2.05, 4.69) is 0 Å². The van der Waals surface area contributed by atoms with Gasteiger partial charge in [0.2, 0.25) is 0 Å². The van der Waals surface area contributed by atoms with Crippen molar-refractivity contribution in [3.05, 3.63) is 100 Å². The lowest BCUT2D eigenvalue weighted by Crippen LogP contribution is -2.06. The lowest BCUT2D eigenvalue weighted by atomic mass is 10.0. The predicted octanol–water partition coefficient (Wildman–Crippen LogP) is 7.10. The van der Waals surface area contributed by atoms with Crippen LogP contribution in [0.4, 0.5) is 0 Å². The number of benzene rings is 3. The van der Waals surface area contributed by atoms with Crippen molar-refractivity contribution < 1.29 is 4.79 Å². The van der Waals surface area contributed by atoms with Crippen LogP contribution in [0.1, 0.15) is 27.6 Å². The molecule has 0 radical (unpaired) electrons. The Balaban J connectivity index is 1.87. The smallest absolute Gasteiger partial charge is 0.164 e. The van der Waals surface area contributed by atoms with Crippen molar-refractivity contribution in [1.29, 1.82) is 0 Å². The summed E-state index contributed by atoms with van der Waals surface area (Å²) in [5.74, 6) is 0.104. The number of Topliss-reactive ketones (excluding diaryl/α,β-unsaturated/α-hetero) is 1. The van der Waals surface area contributed by atoms with Crippen molar-refractivity contribution in [2.45, 2.75) is 16.6 Å². The molecule has 3 aromatic rings. The average molecular weight is 387 g/mol. The SMILES string of the molecule is O=C(CC(Sc1ccc(Cl)cc1)c1ccccc1Cl)c1ccccc1. The lowest BCUT2D eigenvalue weighted by molar-refractivity contribution is 0.0982. The van der Waals surface area contributed by atoms with Crippen molar-refractivity contribution in [3.63, 3.8) is 0 Å². The van der Waals surface area contributed by atoms with E-state index in [-0.39, 0.29) is 11.0 Å². The topological polar surface area (TPSA) is 17.1 Å². The fourth-order valence-electron chi connectivity index (χ4n) is 2.54. The minimum absolute atomic E-state index is 0.0671. The fourth-order valence-corrected chi connectivity index (χ4v) is 4.19. The third kappa shape index (κ3) is 4.88. The zero-order chi connectivity index (χ0) is 17.6. The normalized spacial score (nSPS) is 11.9. The van der Waals surface area contributed by atoms with Gasteiger partial charge in [-0.25, -0.2) is 0 Å². The molecule has 0 aliphatic rings. The standard InChI is InChI=1S/C21H16Cl2OS/c22-16-10-12-17(13-11-16)25-21(18-8-4-5-9-19(18)23)14-20(24)15-6-2-1-3-7-15/h1-13,21H,14H2. The van der Waals surface area contributed by atoms with Crippen LogP contribution >= 0.6 is 35.0 Å². The highest BCUT2D eigenvalue weighted by Gasteiger charge is 2.20. The lowest BCUT2D eigenvalue weighted by Gasteiger charge is -2.18. The summed E-state index contributed by atoms with van der Waals surface area (Å²) in [5, 5.41) is 1.30. The molecule has 0 N–H and O–H groups in total. The van der Waals surface area contributed by atoms with E-state index in [9.17, 15) is 4.79 Å². The van der Waals surface area contributed by atoms with E-state index in [1.54, 1.807) is 11.8 Å². The molecular weight excluding hydrogens is 371 g/mol. The number of ketones is 1. The van der Waals surface area contributed by atoms with Gasteiger partial charge in [-0.2, -0.15) is 0 Å². The van der Waals surface area contributed by atoms with E-state index >= 15 is 0 Å². The first-order valence-corrected chi connectivity index (χ1v) is 9.52. The molecule has 0 fully saturated rings. The quantitative estimate of drug-likeness (QED) is 0.331. The molecule has 0 saturated heterocycles. The van der Waals surface area contributed by atoms with Gasteiger partial charge in [0, 0.05) is 32.2 Å². The Labute approximate surface area is 162 Å². The van der Waals surface area contributed by atoms with E-state index in [0.717, 1.165) is 16.0 Å². The number of carbonyl (C=O) groups excluding carboxylic acids is 1. The molecular formula is C21H16Cl2OS. The fraction of sp³-hybridized carbons (Fsp3) is 0.0952. The summed E-state index contributed by atoms with van der Waals surface area (Å²) in [7, 11) is 0. The largest absolute Gasteiger partial charge is 0.294 e. The summed E-state index contributed by atoms with van der Waals surface area (Å²) in [6, 6.07) is 24.7. The number of thioether (sulfide) groups is 1. The van der Waals surface area contributed by atoms with Crippen LogP contribution in [-0.4, -0.2) is 5.78 Å². The van der Waals surface area contributed by atoms with Gasteiger partial charge in [0.15, 0.2) is 5.78 Å². The van der Waals surface area contributed by atoms with Crippen LogP contribution in [-0.2, 0) is 0 Å². The molecule has 1 atom stereocenters. The zero-order valence-electron chi connectivity index (χ0n) is 13.4. The minimum atomic E-state index is -0.0671. The molecule has 0 amide bonds. The summed E-state index contributed by atoms with van der Waals surface area (Å²) < 4.78 is 0. The van der Waals surface area contributed by atoms with Gasteiger partial charge in [-0.15, -0.1) is 11.8 Å². The van der Waals surface area contributed by atoms with Gasteiger partial charge in [-0.3, -0.25) is 4.79 Å². The van der Waals surface area contributed by atoms with Gasteiger partial charge in [0.05, 0.1) is 0 Å². The minimum Gasteiger partial charge on any atom is -0.294 e. The van der Waals surface area contributed by atoms with Crippen molar-refractivity contribution in [3.8, 4) is 0 Å². The molecule has 126 valence electrons. The Morgan fingerprint density at radius 1 is 0.840 bits per heavy atom. The molecule has 25 heavy (non-hydrogen) atoms. The Kier molecular flexibility index (Phi) is 6.19. The third-order valence-electron chi connectivity index (χ3n) is 3.81. The first-order valence-electron chi connectivity index (χ1n) is 7.88. The molecule has 0 aliphatic carbocycles. The van der Waals surface area contributed by atoms with Crippen molar-refractivity contribution in [1.82, 2.24) is 0 Å². The van der Waals surface area contributed by atoms with Crippen LogP contribution in [0, 0.1) is 0 Å². The van der Waals surface area contributed by atoms with Crippen molar-refractivity contribution >= 4 is 40.7 Å². The summed E-state index contributed by atoms with van der Waals surface area (Å²) in [5.41, 5.74) is 1.68. The second kappa shape index (κ2) is 8.57. The molecule has 0 spiro atoms. The number of hydrogen-bond acceptors (Lipinski definition) is 2. The van der Waals surface area contributed by atoms with E-state index in [0.29, 0.717) is 16.5 Å². The van der Waals surface area contributed by atoms with Crippen LogP contribution in [0.15, 0.2) is 83.8 Å². The number of rotatable bonds is 6. The Bertz CT molecular complexity index is 847. The highest BCUT2D eigenvalue weighted by atomic mass is 35.5. The van der Waals surface area contributed by atoms with E-state index in [1.165, 1.54) is 0 Å². The second-order valence-electron chi connectivity index (χ2n) is 5.58. The van der Waals surface area contributed by atoms with Gasteiger partial charge in [-0.1, -0.05) is 71.7 Å². The second-order valence-corrected chi connectivity index (χ2v) is 7.70. The van der Waals surface area contributed by atoms with Gasteiger partial charge in [0.1, 0.15) is 0 Å². The predicted molar refractivity (Wildman–Crippen MR) is 107 cm³/mol. The maximum Gasteiger partial charge on any atom is 0.164 e. The van der Waals surface area contributed by atoms with Crippen LogP contribution < -0.4 is 0 Å². The van der Waals surface area contributed by atoms with Crippen LogP contribution in [0.2, 0.25) is 10.0 Å². The molecule has 0 aliphatic heterocycles. The number of halogens is 2.